The normalized spacial score (nSPS) is 14.1. The van der Waals surface area contributed by atoms with Gasteiger partial charge in [0.15, 0.2) is 5.96 Å². The van der Waals surface area contributed by atoms with Crippen LogP contribution in [0, 0.1) is 0 Å². The van der Waals surface area contributed by atoms with Crippen LogP contribution < -0.4 is 15.4 Å². The van der Waals surface area contributed by atoms with Crippen molar-refractivity contribution in [3.8, 4) is 5.75 Å². The van der Waals surface area contributed by atoms with Crippen molar-refractivity contribution in [2.24, 2.45) is 4.99 Å². The van der Waals surface area contributed by atoms with Crippen molar-refractivity contribution in [2.45, 2.75) is 26.0 Å². The molecule has 1 heterocycles. The maximum atomic E-state index is 10.5. The van der Waals surface area contributed by atoms with Gasteiger partial charge >= 0.3 is 0 Å². The van der Waals surface area contributed by atoms with Gasteiger partial charge in [0.05, 0.1) is 26.5 Å². The molecule has 1 aromatic carbocycles. The first-order valence-electron chi connectivity index (χ1n) is 7.96. The molecule has 0 saturated heterocycles. The number of rotatable bonds is 7. The van der Waals surface area contributed by atoms with Gasteiger partial charge in [-0.3, -0.25) is 0 Å². The van der Waals surface area contributed by atoms with Gasteiger partial charge in [0, 0.05) is 6.54 Å². The van der Waals surface area contributed by atoms with E-state index in [4.69, 9.17) is 9.15 Å². The summed E-state index contributed by atoms with van der Waals surface area (Å²) in [4.78, 5) is 4.54. The summed E-state index contributed by atoms with van der Waals surface area (Å²) in [7, 11) is 1.64. The highest BCUT2D eigenvalue weighted by Crippen LogP contribution is 2.19. The fourth-order valence-electron chi connectivity index (χ4n) is 2.17. The van der Waals surface area contributed by atoms with E-state index in [9.17, 15) is 5.11 Å². The van der Waals surface area contributed by atoms with Crippen molar-refractivity contribution in [2.75, 3.05) is 20.2 Å². The first-order valence-corrected chi connectivity index (χ1v) is 7.96. The second-order valence-electron chi connectivity index (χ2n) is 5.65. The Balaban J connectivity index is 1.97. The lowest BCUT2D eigenvalue weighted by atomic mass is 10.0. The third-order valence-electron chi connectivity index (χ3n) is 3.58. The molecule has 0 fully saturated rings. The molecule has 1 aromatic heterocycles. The summed E-state index contributed by atoms with van der Waals surface area (Å²) in [6.07, 6.45) is 1.55. The number of ether oxygens (including phenoxy) is 1. The van der Waals surface area contributed by atoms with E-state index in [0.717, 1.165) is 17.9 Å². The Kier molecular flexibility index (Phi) is 6.26. The largest absolute Gasteiger partial charge is 0.497 e. The van der Waals surface area contributed by atoms with Gasteiger partial charge in [-0.1, -0.05) is 12.1 Å². The topological polar surface area (TPSA) is 79.0 Å². The van der Waals surface area contributed by atoms with Crippen LogP contribution in [0.5, 0.6) is 5.75 Å². The standard InChI is InChI=1S/C18H25N3O3/c1-4-19-17(20-12-14-7-9-15(23-3)10-8-14)21-13-18(2,22)16-6-5-11-24-16/h5-11,22H,4,12-13H2,1-3H3,(H2,19,20,21). The lowest BCUT2D eigenvalue weighted by Crippen LogP contribution is -2.44. The third-order valence-corrected chi connectivity index (χ3v) is 3.58. The number of furan rings is 1. The molecular formula is C18H25N3O3. The minimum absolute atomic E-state index is 0.287. The molecule has 2 aromatic rings. The molecule has 0 spiro atoms. The summed E-state index contributed by atoms with van der Waals surface area (Å²) in [5.74, 6) is 1.98. The van der Waals surface area contributed by atoms with Crippen LogP contribution in [0.1, 0.15) is 25.2 Å². The first-order chi connectivity index (χ1) is 11.5. The summed E-state index contributed by atoms with van der Waals surface area (Å²) in [5, 5.41) is 16.8. The van der Waals surface area contributed by atoms with Crippen LogP contribution in [0.2, 0.25) is 0 Å². The Hall–Kier alpha value is -2.47. The second kappa shape index (κ2) is 8.40. The number of hydrogen-bond acceptors (Lipinski definition) is 4. The van der Waals surface area contributed by atoms with E-state index in [1.807, 2.05) is 31.2 Å². The lowest BCUT2D eigenvalue weighted by molar-refractivity contribution is 0.0386. The van der Waals surface area contributed by atoms with E-state index in [0.29, 0.717) is 18.3 Å². The summed E-state index contributed by atoms with van der Waals surface area (Å²) < 4.78 is 10.4. The predicted molar refractivity (Wildman–Crippen MR) is 94.1 cm³/mol. The number of aliphatic imine (C=N–C) groups is 1. The maximum absolute atomic E-state index is 10.5. The molecular weight excluding hydrogens is 306 g/mol. The number of benzene rings is 1. The molecule has 2 rings (SSSR count). The molecule has 3 N–H and O–H groups in total. The van der Waals surface area contributed by atoms with Crippen LogP contribution in [-0.4, -0.2) is 31.3 Å². The quantitative estimate of drug-likeness (QED) is 0.536. The van der Waals surface area contributed by atoms with Crippen LogP contribution >= 0.6 is 0 Å². The maximum Gasteiger partial charge on any atom is 0.191 e. The average molecular weight is 331 g/mol. The minimum Gasteiger partial charge on any atom is -0.497 e. The van der Waals surface area contributed by atoms with Gasteiger partial charge in [0.2, 0.25) is 0 Å². The van der Waals surface area contributed by atoms with E-state index in [2.05, 4.69) is 15.6 Å². The second-order valence-corrected chi connectivity index (χ2v) is 5.65. The van der Waals surface area contributed by atoms with Gasteiger partial charge in [-0.25, -0.2) is 4.99 Å². The third kappa shape index (κ3) is 5.03. The first kappa shape index (κ1) is 17.9. The monoisotopic (exact) mass is 331 g/mol. The molecule has 0 aliphatic carbocycles. The van der Waals surface area contributed by atoms with Crippen LogP contribution in [-0.2, 0) is 12.1 Å². The highest BCUT2D eigenvalue weighted by molar-refractivity contribution is 5.79. The Bertz CT molecular complexity index is 634. The predicted octanol–water partition coefficient (Wildman–Crippen LogP) is 2.25. The molecule has 6 heteroatoms. The van der Waals surface area contributed by atoms with Crippen LogP contribution in [0.4, 0.5) is 0 Å². The van der Waals surface area contributed by atoms with Gasteiger partial charge < -0.3 is 24.9 Å². The number of aliphatic hydroxyl groups is 1. The number of nitrogens with zero attached hydrogens (tertiary/aromatic N) is 1. The summed E-state index contributed by atoms with van der Waals surface area (Å²) in [5.41, 5.74) is -0.0365. The molecule has 1 unspecified atom stereocenters. The highest BCUT2D eigenvalue weighted by atomic mass is 16.5. The number of nitrogens with one attached hydrogen (secondary N) is 2. The van der Waals surface area contributed by atoms with Gasteiger partial charge in [0.1, 0.15) is 17.1 Å². The van der Waals surface area contributed by atoms with E-state index in [1.54, 1.807) is 32.4 Å². The molecule has 24 heavy (non-hydrogen) atoms. The Labute approximate surface area is 142 Å². The highest BCUT2D eigenvalue weighted by Gasteiger charge is 2.26. The van der Waals surface area contributed by atoms with Crippen molar-refractivity contribution in [1.82, 2.24) is 10.6 Å². The molecule has 0 aliphatic rings. The van der Waals surface area contributed by atoms with Crippen LogP contribution in [0.15, 0.2) is 52.1 Å². The molecule has 0 radical (unpaired) electrons. The molecule has 0 bridgehead atoms. The smallest absolute Gasteiger partial charge is 0.191 e. The molecule has 130 valence electrons. The van der Waals surface area contributed by atoms with E-state index in [1.165, 1.54) is 0 Å². The summed E-state index contributed by atoms with van der Waals surface area (Å²) >= 11 is 0. The molecule has 0 amide bonds. The van der Waals surface area contributed by atoms with Crippen molar-refractivity contribution in [3.05, 3.63) is 54.0 Å². The van der Waals surface area contributed by atoms with Crippen molar-refractivity contribution in [3.63, 3.8) is 0 Å². The SMILES string of the molecule is CCNC(=NCc1ccc(OC)cc1)NCC(C)(O)c1ccco1. The zero-order chi connectivity index (χ0) is 17.4. The summed E-state index contributed by atoms with van der Waals surface area (Å²) in [6.45, 7) is 5.25. The van der Waals surface area contributed by atoms with Gasteiger partial charge in [-0.2, -0.15) is 0 Å². The van der Waals surface area contributed by atoms with Crippen LogP contribution in [0.3, 0.4) is 0 Å². The lowest BCUT2D eigenvalue weighted by Gasteiger charge is -2.22. The zero-order valence-electron chi connectivity index (χ0n) is 14.4. The number of guanidine groups is 1. The number of methoxy groups -OCH3 is 1. The van der Waals surface area contributed by atoms with E-state index < -0.39 is 5.60 Å². The van der Waals surface area contributed by atoms with Crippen LogP contribution in [0.25, 0.3) is 0 Å². The van der Waals surface area contributed by atoms with Crippen molar-refractivity contribution >= 4 is 5.96 Å². The van der Waals surface area contributed by atoms with Gasteiger partial charge in [-0.15, -0.1) is 0 Å². The van der Waals surface area contributed by atoms with Gasteiger partial charge in [-0.05, 0) is 43.7 Å². The number of hydrogen-bond donors (Lipinski definition) is 3. The fourth-order valence-corrected chi connectivity index (χ4v) is 2.17. The molecule has 0 saturated carbocycles. The Morgan fingerprint density at radius 3 is 2.58 bits per heavy atom. The fraction of sp³-hybridized carbons (Fsp3) is 0.389. The summed E-state index contributed by atoms with van der Waals surface area (Å²) in [6, 6.07) is 11.3. The molecule has 1 atom stereocenters. The zero-order valence-corrected chi connectivity index (χ0v) is 14.4. The van der Waals surface area contributed by atoms with E-state index in [-0.39, 0.29) is 6.54 Å². The van der Waals surface area contributed by atoms with E-state index >= 15 is 0 Å². The minimum atomic E-state index is -1.11. The molecule has 6 nitrogen and oxygen atoms in total. The average Bonchev–Trinajstić information content (AvgIpc) is 3.13. The molecule has 0 aliphatic heterocycles. The van der Waals surface area contributed by atoms with Crippen molar-refractivity contribution < 1.29 is 14.3 Å². The Morgan fingerprint density at radius 1 is 1.25 bits per heavy atom. The Morgan fingerprint density at radius 2 is 2.00 bits per heavy atom. The van der Waals surface area contributed by atoms with Gasteiger partial charge in [0.25, 0.3) is 0 Å². The van der Waals surface area contributed by atoms with Crippen molar-refractivity contribution in [1.29, 1.82) is 0 Å².